The summed E-state index contributed by atoms with van der Waals surface area (Å²) in [5, 5.41) is 26.1. The van der Waals surface area contributed by atoms with Crippen LogP contribution in [0.15, 0.2) is 42.5 Å². The number of benzene rings is 2. The van der Waals surface area contributed by atoms with Crippen molar-refractivity contribution in [3.63, 3.8) is 0 Å². The Morgan fingerprint density at radius 3 is 2.66 bits per heavy atom. The SMILES string of the molecule is Cc1c(-c2ccc(C#N)c(O)c2)c(N)nn1Cc1ccc(C(=O)NCC2(OF)CC2)cc1. The van der Waals surface area contributed by atoms with Crippen molar-refractivity contribution in [3.8, 4) is 22.9 Å². The molecule has 3 aromatic rings. The average molecular weight is 435 g/mol. The highest BCUT2D eigenvalue weighted by molar-refractivity contribution is 5.94. The van der Waals surface area contributed by atoms with Gasteiger partial charge >= 0.3 is 0 Å². The van der Waals surface area contributed by atoms with Gasteiger partial charge in [-0.2, -0.15) is 15.3 Å². The van der Waals surface area contributed by atoms with Crippen molar-refractivity contribution in [2.75, 3.05) is 12.3 Å². The molecule has 0 spiro atoms. The van der Waals surface area contributed by atoms with E-state index in [1.165, 1.54) is 12.1 Å². The first-order chi connectivity index (χ1) is 15.4. The number of aromatic nitrogens is 2. The molecular formula is C23H22FN5O3. The van der Waals surface area contributed by atoms with Crippen LogP contribution in [0.2, 0.25) is 0 Å². The minimum absolute atomic E-state index is 0.115. The lowest BCUT2D eigenvalue weighted by atomic mass is 10.0. The van der Waals surface area contributed by atoms with Gasteiger partial charge in [-0.3, -0.25) is 9.48 Å². The third-order valence-electron chi connectivity index (χ3n) is 5.73. The predicted molar refractivity (Wildman–Crippen MR) is 115 cm³/mol. The lowest BCUT2D eigenvalue weighted by molar-refractivity contribution is -0.190. The summed E-state index contributed by atoms with van der Waals surface area (Å²) >= 11 is 0. The molecule has 1 amide bonds. The van der Waals surface area contributed by atoms with E-state index in [1.807, 2.05) is 25.1 Å². The molecule has 2 aromatic carbocycles. The fourth-order valence-electron chi connectivity index (χ4n) is 3.56. The van der Waals surface area contributed by atoms with Gasteiger partial charge in [0, 0.05) is 16.8 Å². The first kappa shape index (κ1) is 21.3. The van der Waals surface area contributed by atoms with Crippen LogP contribution in [0.4, 0.5) is 10.3 Å². The van der Waals surface area contributed by atoms with Crippen molar-refractivity contribution in [2.24, 2.45) is 0 Å². The number of rotatable bonds is 7. The van der Waals surface area contributed by atoms with Gasteiger partial charge in [-0.1, -0.05) is 18.2 Å². The molecule has 0 saturated heterocycles. The van der Waals surface area contributed by atoms with Gasteiger partial charge < -0.3 is 16.2 Å². The van der Waals surface area contributed by atoms with Crippen LogP contribution in [0.1, 0.15) is 40.0 Å². The molecule has 164 valence electrons. The molecule has 0 aliphatic heterocycles. The molecule has 0 atom stereocenters. The van der Waals surface area contributed by atoms with Crippen LogP contribution in [0.5, 0.6) is 5.75 Å². The summed E-state index contributed by atoms with van der Waals surface area (Å²) in [6.07, 6.45) is 1.19. The first-order valence-electron chi connectivity index (χ1n) is 10.1. The molecule has 1 aliphatic rings. The second kappa shape index (κ2) is 8.32. The largest absolute Gasteiger partial charge is 0.507 e. The quantitative estimate of drug-likeness (QED) is 0.523. The molecule has 1 aromatic heterocycles. The van der Waals surface area contributed by atoms with Crippen LogP contribution in [-0.2, 0) is 11.5 Å². The summed E-state index contributed by atoms with van der Waals surface area (Å²) in [5.41, 5.74) is 8.99. The van der Waals surface area contributed by atoms with Crippen molar-refractivity contribution >= 4 is 11.7 Å². The molecule has 1 saturated carbocycles. The smallest absolute Gasteiger partial charge is 0.251 e. The minimum atomic E-state index is -0.851. The minimum Gasteiger partial charge on any atom is -0.507 e. The lowest BCUT2D eigenvalue weighted by Crippen LogP contribution is -2.33. The molecule has 8 nitrogen and oxygen atoms in total. The van der Waals surface area contributed by atoms with E-state index < -0.39 is 5.60 Å². The van der Waals surface area contributed by atoms with Crippen molar-refractivity contribution < 1.29 is 19.4 Å². The van der Waals surface area contributed by atoms with Crippen LogP contribution in [0, 0.1) is 18.3 Å². The molecule has 4 rings (SSSR count). The molecule has 0 bridgehead atoms. The summed E-state index contributed by atoms with van der Waals surface area (Å²) in [7, 11) is 0. The number of phenolic OH excluding ortho intramolecular Hbond substituents is 1. The maximum Gasteiger partial charge on any atom is 0.251 e. The number of halogens is 1. The number of carbonyl (C=O) groups excluding carboxylic acids is 1. The topological polar surface area (TPSA) is 126 Å². The zero-order chi connectivity index (χ0) is 22.9. The molecule has 9 heteroatoms. The van der Waals surface area contributed by atoms with E-state index in [4.69, 9.17) is 11.0 Å². The molecule has 1 heterocycles. The van der Waals surface area contributed by atoms with Crippen LogP contribution >= 0.6 is 0 Å². The first-order valence-corrected chi connectivity index (χ1v) is 10.1. The Balaban J connectivity index is 1.48. The van der Waals surface area contributed by atoms with Gasteiger partial charge in [0.15, 0.2) is 5.82 Å². The van der Waals surface area contributed by atoms with Gasteiger partial charge in [-0.05, 0) is 59.7 Å². The maximum atomic E-state index is 12.5. The van der Waals surface area contributed by atoms with Gasteiger partial charge in [0.05, 0.1) is 18.7 Å². The van der Waals surface area contributed by atoms with Gasteiger partial charge in [0.2, 0.25) is 0 Å². The average Bonchev–Trinajstić information content (AvgIpc) is 3.52. The fraction of sp³-hybridized carbons (Fsp3) is 0.261. The Bertz CT molecular complexity index is 1210. The molecule has 32 heavy (non-hydrogen) atoms. The number of anilines is 1. The highest BCUT2D eigenvalue weighted by Gasteiger charge is 2.46. The monoisotopic (exact) mass is 435 g/mol. The van der Waals surface area contributed by atoms with Crippen LogP contribution < -0.4 is 11.1 Å². The Labute approximate surface area is 183 Å². The second-order valence-corrected chi connectivity index (χ2v) is 7.99. The number of nitriles is 1. The Morgan fingerprint density at radius 2 is 2.06 bits per heavy atom. The van der Waals surface area contributed by atoms with Gasteiger partial charge in [-0.15, -0.1) is 0 Å². The number of nitrogens with one attached hydrogen (secondary N) is 1. The van der Waals surface area contributed by atoms with Crippen LogP contribution in [0.25, 0.3) is 11.1 Å². The zero-order valence-electron chi connectivity index (χ0n) is 17.4. The third-order valence-corrected chi connectivity index (χ3v) is 5.73. The van der Waals surface area contributed by atoms with Crippen LogP contribution in [0.3, 0.4) is 0 Å². The molecule has 1 aliphatic carbocycles. The third kappa shape index (κ3) is 4.13. The van der Waals surface area contributed by atoms with E-state index in [0.717, 1.165) is 11.3 Å². The number of hydrogen-bond acceptors (Lipinski definition) is 6. The number of nitrogen functional groups attached to an aromatic ring is 1. The van der Waals surface area contributed by atoms with Gasteiger partial charge in [-0.25, -0.2) is 0 Å². The van der Waals surface area contributed by atoms with Crippen molar-refractivity contribution in [1.82, 2.24) is 15.1 Å². The molecule has 4 N–H and O–H groups in total. The number of amides is 1. The highest BCUT2D eigenvalue weighted by Crippen LogP contribution is 2.39. The predicted octanol–water partition coefficient (Wildman–Crippen LogP) is 3.23. The fourth-order valence-corrected chi connectivity index (χ4v) is 3.56. The summed E-state index contributed by atoms with van der Waals surface area (Å²) in [5.74, 6) is -0.0925. The number of nitrogens with zero attached hydrogens (tertiary/aromatic N) is 3. The second-order valence-electron chi connectivity index (χ2n) is 7.99. The standard InChI is InChI=1S/C23H22FN5O3/c1-14-20(17-6-7-18(11-25)19(30)10-17)21(26)28-29(14)12-15-2-4-16(5-3-15)22(31)27-13-23(32-24)8-9-23/h2-7,10,30H,8-9,12-13H2,1H3,(H2,26,28)(H,27,31). The summed E-state index contributed by atoms with van der Waals surface area (Å²) in [6.45, 7) is 2.44. The Hall–Kier alpha value is -3.90. The normalized spacial score (nSPS) is 14.0. The molecule has 1 fully saturated rings. The molecule has 0 unspecified atom stereocenters. The van der Waals surface area contributed by atoms with Crippen molar-refractivity contribution in [3.05, 3.63) is 64.8 Å². The van der Waals surface area contributed by atoms with E-state index in [2.05, 4.69) is 15.4 Å². The summed E-state index contributed by atoms with van der Waals surface area (Å²) < 4.78 is 14.2. The van der Waals surface area contributed by atoms with Gasteiger partial charge in [0.25, 0.3) is 5.91 Å². The van der Waals surface area contributed by atoms with E-state index in [1.54, 1.807) is 22.9 Å². The lowest BCUT2D eigenvalue weighted by Gasteiger charge is -2.11. The highest BCUT2D eigenvalue weighted by atomic mass is 19.3. The van der Waals surface area contributed by atoms with Gasteiger partial charge in [0.1, 0.15) is 17.4 Å². The zero-order valence-corrected chi connectivity index (χ0v) is 17.4. The van der Waals surface area contributed by atoms with Crippen molar-refractivity contribution in [1.29, 1.82) is 5.26 Å². The number of nitrogens with two attached hydrogens (primary N) is 1. The Morgan fingerprint density at radius 1 is 1.34 bits per heavy atom. The summed E-state index contributed by atoms with van der Waals surface area (Å²) in [6, 6.07) is 13.7. The molecule has 0 radical (unpaired) electrons. The number of carbonyl (C=O) groups is 1. The Kier molecular flexibility index (Phi) is 5.55. The van der Waals surface area contributed by atoms with E-state index in [9.17, 15) is 14.4 Å². The van der Waals surface area contributed by atoms with Crippen LogP contribution in [-0.4, -0.2) is 32.9 Å². The number of phenols is 1. The molecular weight excluding hydrogens is 413 g/mol. The number of hydrogen-bond donors (Lipinski definition) is 3. The van der Waals surface area contributed by atoms with E-state index in [0.29, 0.717) is 41.9 Å². The maximum absolute atomic E-state index is 12.5. The summed E-state index contributed by atoms with van der Waals surface area (Å²) in [4.78, 5) is 16.2. The van der Waals surface area contributed by atoms with E-state index in [-0.39, 0.29) is 23.8 Å². The van der Waals surface area contributed by atoms with E-state index >= 15 is 0 Å². The number of aromatic hydroxyl groups is 1. The van der Waals surface area contributed by atoms with Crippen molar-refractivity contribution in [2.45, 2.75) is 31.9 Å².